The molecule has 3 rings (SSSR count). The SMILES string of the molecule is COc1ccccc1N1N=C(C)C(C(=O)O)C1c1ccccc1. The molecule has 0 aromatic heterocycles. The second kappa shape index (κ2) is 6.12. The van der Waals surface area contributed by atoms with Crippen LogP contribution >= 0.6 is 0 Å². The van der Waals surface area contributed by atoms with Gasteiger partial charge in [-0.15, -0.1) is 0 Å². The van der Waals surface area contributed by atoms with Crippen LogP contribution < -0.4 is 9.75 Å². The van der Waals surface area contributed by atoms with Crippen LogP contribution in [0.2, 0.25) is 0 Å². The molecule has 0 bridgehead atoms. The summed E-state index contributed by atoms with van der Waals surface area (Å²) in [6, 6.07) is 16.7. The van der Waals surface area contributed by atoms with Gasteiger partial charge in [0.25, 0.3) is 0 Å². The molecule has 23 heavy (non-hydrogen) atoms. The Morgan fingerprint density at radius 3 is 2.43 bits per heavy atom. The second-order valence-corrected chi connectivity index (χ2v) is 5.43. The zero-order valence-electron chi connectivity index (χ0n) is 13.0. The first-order valence-corrected chi connectivity index (χ1v) is 7.38. The Hall–Kier alpha value is -2.82. The van der Waals surface area contributed by atoms with Crippen molar-refractivity contribution in [1.82, 2.24) is 0 Å². The molecule has 2 unspecified atom stereocenters. The minimum Gasteiger partial charge on any atom is -0.495 e. The fourth-order valence-electron chi connectivity index (χ4n) is 2.98. The predicted octanol–water partition coefficient (Wildman–Crippen LogP) is 3.33. The lowest BCUT2D eigenvalue weighted by Gasteiger charge is -2.27. The largest absolute Gasteiger partial charge is 0.495 e. The number of para-hydroxylation sites is 2. The molecule has 1 heterocycles. The molecule has 1 aliphatic heterocycles. The van der Waals surface area contributed by atoms with Crippen LogP contribution in [0.4, 0.5) is 5.69 Å². The van der Waals surface area contributed by atoms with Crippen molar-refractivity contribution in [2.24, 2.45) is 11.0 Å². The van der Waals surface area contributed by atoms with Gasteiger partial charge < -0.3 is 9.84 Å². The Bertz CT molecular complexity index is 743. The maximum Gasteiger partial charge on any atom is 0.314 e. The number of rotatable bonds is 4. The number of carbonyl (C=O) groups is 1. The van der Waals surface area contributed by atoms with Gasteiger partial charge >= 0.3 is 5.97 Å². The summed E-state index contributed by atoms with van der Waals surface area (Å²) in [7, 11) is 1.59. The number of aliphatic carboxylic acids is 1. The number of ether oxygens (including phenoxy) is 1. The van der Waals surface area contributed by atoms with Crippen molar-refractivity contribution in [3.63, 3.8) is 0 Å². The van der Waals surface area contributed by atoms with E-state index in [1.54, 1.807) is 19.0 Å². The first kappa shape index (κ1) is 15.1. The number of hydrazone groups is 1. The maximum absolute atomic E-state index is 11.8. The standard InChI is InChI=1S/C18H18N2O3/c1-12-16(18(21)22)17(13-8-4-3-5-9-13)20(19-12)14-10-6-7-11-15(14)23-2/h3-11,16-17H,1-2H3,(H,21,22). The minimum absolute atomic E-state index is 0.398. The molecular weight excluding hydrogens is 292 g/mol. The van der Waals surface area contributed by atoms with E-state index >= 15 is 0 Å². The number of benzene rings is 2. The zero-order valence-corrected chi connectivity index (χ0v) is 13.0. The van der Waals surface area contributed by atoms with Crippen LogP contribution in [0.3, 0.4) is 0 Å². The number of methoxy groups -OCH3 is 1. The Kier molecular flexibility index (Phi) is 4.02. The molecule has 0 saturated carbocycles. The first-order chi connectivity index (χ1) is 11.1. The molecule has 5 nitrogen and oxygen atoms in total. The highest BCUT2D eigenvalue weighted by Crippen LogP contribution is 2.42. The molecule has 0 radical (unpaired) electrons. The van der Waals surface area contributed by atoms with Crippen molar-refractivity contribution < 1.29 is 14.6 Å². The van der Waals surface area contributed by atoms with Gasteiger partial charge in [-0.2, -0.15) is 5.10 Å². The van der Waals surface area contributed by atoms with E-state index in [0.29, 0.717) is 11.5 Å². The van der Waals surface area contributed by atoms with Crippen molar-refractivity contribution in [2.45, 2.75) is 13.0 Å². The third-order valence-corrected chi connectivity index (χ3v) is 4.03. The molecule has 2 atom stereocenters. The summed E-state index contributed by atoms with van der Waals surface area (Å²) in [6.07, 6.45) is 0. The third-order valence-electron chi connectivity index (χ3n) is 4.03. The lowest BCUT2D eigenvalue weighted by molar-refractivity contribution is -0.139. The fourth-order valence-corrected chi connectivity index (χ4v) is 2.98. The summed E-state index contributed by atoms with van der Waals surface area (Å²) < 4.78 is 5.41. The number of nitrogens with zero attached hydrogens (tertiary/aromatic N) is 2. The van der Waals surface area contributed by atoms with E-state index in [0.717, 1.165) is 11.3 Å². The number of hydrogen-bond donors (Lipinski definition) is 1. The van der Waals surface area contributed by atoms with Crippen molar-refractivity contribution in [3.8, 4) is 5.75 Å². The van der Waals surface area contributed by atoms with Gasteiger partial charge in [0.05, 0.1) is 18.9 Å². The predicted molar refractivity (Wildman–Crippen MR) is 88.9 cm³/mol. The molecule has 0 fully saturated rings. The Morgan fingerprint density at radius 2 is 1.78 bits per heavy atom. The third kappa shape index (κ3) is 2.65. The van der Waals surface area contributed by atoms with Gasteiger partial charge in [-0.05, 0) is 24.6 Å². The lowest BCUT2D eigenvalue weighted by atomic mass is 9.90. The van der Waals surface area contributed by atoms with Gasteiger partial charge in [-0.1, -0.05) is 42.5 Å². The van der Waals surface area contributed by atoms with E-state index < -0.39 is 17.9 Å². The van der Waals surface area contributed by atoms with Crippen molar-refractivity contribution in [1.29, 1.82) is 0 Å². The second-order valence-electron chi connectivity index (χ2n) is 5.43. The summed E-state index contributed by atoms with van der Waals surface area (Å²) in [6.45, 7) is 1.75. The van der Waals surface area contributed by atoms with Crippen LogP contribution in [0.5, 0.6) is 5.75 Å². The van der Waals surface area contributed by atoms with Gasteiger partial charge in [0.15, 0.2) is 0 Å². The van der Waals surface area contributed by atoms with Crippen LogP contribution in [0.25, 0.3) is 0 Å². The molecule has 2 aromatic rings. The number of anilines is 1. The Labute approximate surface area is 134 Å². The molecule has 1 aliphatic rings. The molecule has 0 saturated heterocycles. The maximum atomic E-state index is 11.8. The molecule has 0 amide bonds. The number of carboxylic acid groups (broad SMARTS) is 1. The van der Waals surface area contributed by atoms with E-state index in [1.807, 2.05) is 54.6 Å². The summed E-state index contributed by atoms with van der Waals surface area (Å²) in [4.78, 5) is 11.8. The minimum atomic E-state index is -0.877. The van der Waals surface area contributed by atoms with E-state index in [-0.39, 0.29) is 0 Å². The quantitative estimate of drug-likeness (QED) is 0.941. The Morgan fingerprint density at radius 1 is 1.13 bits per heavy atom. The molecule has 5 heteroatoms. The average molecular weight is 310 g/mol. The topological polar surface area (TPSA) is 62.1 Å². The van der Waals surface area contributed by atoms with Crippen LogP contribution in [-0.2, 0) is 4.79 Å². The zero-order chi connectivity index (χ0) is 16.4. The number of hydrogen-bond acceptors (Lipinski definition) is 4. The van der Waals surface area contributed by atoms with E-state index in [1.165, 1.54) is 0 Å². The summed E-state index contributed by atoms with van der Waals surface area (Å²) in [5.74, 6) is -0.907. The van der Waals surface area contributed by atoms with Crippen LogP contribution in [0.1, 0.15) is 18.5 Å². The van der Waals surface area contributed by atoms with Crippen LogP contribution in [0.15, 0.2) is 59.7 Å². The van der Waals surface area contributed by atoms with Crippen molar-refractivity contribution in [2.75, 3.05) is 12.1 Å². The summed E-state index contributed by atoms with van der Waals surface area (Å²) in [5, 5.41) is 15.9. The summed E-state index contributed by atoms with van der Waals surface area (Å²) in [5.41, 5.74) is 2.25. The highest BCUT2D eigenvalue weighted by molar-refractivity contribution is 6.04. The van der Waals surface area contributed by atoms with Crippen molar-refractivity contribution >= 4 is 17.4 Å². The molecule has 2 aromatic carbocycles. The highest BCUT2D eigenvalue weighted by Gasteiger charge is 2.42. The smallest absolute Gasteiger partial charge is 0.314 e. The molecule has 118 valence electrons. The fraction of sp³-hybridized carbons (Fsp3) is 0.222. The van der Waals surface area contributed by atoms with Gasteiger partial charge in [-0.3, -0.25) is 9.80 Å². The van der Waals surface area contributed by atoms with E-state index in [2.05, 4.69) is 5.10 Å². The van der Waals surface area contributed by atoms with Gasteiger partial charge in [0, 0.05) is 0 Å². The van der Waals surface area contributed by atoms with Crippen LogP contribution in [0, 0.1) is 5.92 Å². The average Bonchev–Trinajstić information content (AvgIpc) is 2.93. The van der Waals surface area contributed by atoms with Gasteiger partial charge in [-0.25, -0.2) is 0 Å². The molecular formula is C18H18N2O3. The highest BCUT2D eigenvalue weighted by atomic mass is 16.5. The van der Waals surface area contributed by atoms with Crippen LogP contribution in [-0.4, -0.2) is 23.9 Å². The van der Waals surface area contributed by atoms with Crippen molar-refractivity contribution in [3.05, 3.63) is 60.2 Å². The lowest BCUT2D eigenvalue weighted by Crippen LogP contribution is -2.30. The monoisotopic (exact) mass is 310 g/mol. The summed E-state index contributed by atoms with van der Waals surface area (Å²) >= 11 is 0. The van der Waals surface area contributed by atoms with Gasteiger partial charge in [0.1, 0.15) is 17.4 Å². The number of carboxylic acids is 1. The van der Waals surface area contributed by atoms with E-state index in [9.17, 15) is 9.90 Å². The molecule has 1 N–H and O–H groups in total. The molecule has 0 aliphatic carbocycles. The first-order valence-electron chi connectivity index (χ1n) is 7.38. The molecule has 0 spiro atoms. The Balaban J connectivity index is 2.12. The normalized spacial score (nSPS) is 20.3. The van der Waals surface area contributed by atoms with Gasteiger partial charge in [0.2, 0.25) is 0 Å². The van der Waals surface area contributed by atoms with E-state index in [4.69, 9.17) is 4.74 Å².